The standard InChI is InChI=1S/C100H89BN2/c1-94(2,3)64-50-62(51-65(56-64)95(4,5)6)60-46-48-83-87(54-60)102(85-44-28-36-75-73-34-20-26-42-81(73)99(91(75)85)77-38-22-16-30-69(77)70-31-17-23-39-78(70)99)89-58-68(98(13,14)15)59-90-93(89)101(83)84-49-47-61(63-52-66(96(7,8)9)57-67(53-63)97(10,11)12)55-88(84)103(90)86-45-29-37-76-74-35-21-27-43-82(74)100(92(76)86)79-40-24-18-32-71(79)72-33-19-25-41-80(72)100/h16-59H,1-15H3. The number of rotatable bonds is 4. The van der Waals surface area contributed by atoms with E-state index in [1.807, 2.05) is 0 Å². The minimum atomic E-state index is -0.636. The van der Waals surface area contributed by atoms with Gasteiger partial charge in [0, 0.05) is 33.9 Å². The Bertz CT molecular complexity index is 5280. The smallest absolute Gasteiger partial charge is 0.252 e. The van der Waals surface area contributed by atoms with E-state index in [1.54, 1.807) is 0 Å². The van der Waals surface area contributed by atoms with Crippen LogP contribution in [0.3, 0.4) is 0 Å². The minimum Gasteiger partial charge on any atom is -0.311 e. The zero-order valence-electron chi connectivity index (χ0n) is 62.4. The predicted molar refractivity (Wildman–Crippen MR) is 437 cm³/mol. The molecule has 2 heterocycles. The molecule has 0 bridgehead atoms. The van der Waals surface area contributed by atoms with Gasteiger partial charge >= 0.3 is 0 Å². The lowest BCUT2D eigenvalue weighted by Crippen LogP contribution is -2.61. The first-order chi connectivity index (χ1) is 49.2. The summed E-state index contributed by atoms with van der Waals surface area (Å²) < 4.78 is 0. The summed E-state index contributed by atoms with van der Waals surface area (Å²) in [5.74, 6) is 0. The first kappa shape index (κ1) is 63.4. The van der Waals surface area contributed by atoms with Crippen LogP contribution in [0.2, 0.25) is 0 Å². The molecule has 502 valence electrons. The molecule has 2 nitrogen and oxygen atoms in total. The monoisotopic (exact) mass is 1330 g/mol. The van der Waals surface area contributed by atoms with Crippen molar-refractivity contribution in [2.24, 2.45) is 0 Å². The quantitative estimate of drug-likeness (QED) is 0.162. The second kappa shape index (κ2) is 21.6. The van der Waals surface area contributed by atoms with Gasteiger partial charge < -0.3 is 9.80 Å². The average molecular weight is 1330 g/mol. The van der Waals surface area contributed by atoms with Crippen molar-refractivity contribution in [3.63, 3.8) is 0 Å². The fourth-order valence-corrected chi connectivity index (χ4v) is 19.3. The number of hydrogen-bond donors (Lipinski definition) is 0. The van der Waals surface area contributed by atoms with Crippen LogP contribution < -0.4 is 26.2 Å². The molecule has 0 unspecified atom stereocenters. The number of benzene rings is 13. The Morgan fingerprint density at radius 3 is 0.777 bits per heavy atom. The molecular weight excluding hydrogens is 1240 g/mol. The van der Waals surface area contributed by atoms with Gasteiger partial charge in [-0.25, -0.2) is 0 Å². The molecule has 3 heteroatoms. The second-order valence-corrected chi connectivity index (χ2v) is 35.6. The number of fused-ring (bicyclic) bond motifs is 24. The van der Waals surface area contributed by atoms with Gasteiger partial charge in [0.2, 0.25) is 0 Å². The van der Waals surface area contributed by atoms with E-state index in [0.29, 0.717) is 0 Å². The zero-order chi connectivity index (χ0) is 71.0. The third kappa shape index (κ3) is 8.87. The van der Waals surface area contributed by atoms with Gasteiger partial charge in [0.15, 0.2) is 0 Å². The van der Waals surface area contributed by atoms with E-state index >= 15 is 0 Å². The Balaban J connectivity index is 0.971. The van der Waals surface area contributed by atoms with E-state index in [9.17, 15) is 0 Å². The van der Waals surface area contributed by atoms with Gasteiger partial charge in [-0.3, -0.25) is 0 Å². The summed E-state index contributed by atoms with van der Waals surface area (Å²) in [5.41, 5.74) is 41.7. The molecule has 0 amide bonds. The van der Waals surface area contributed by atoms with E-state index in [1.165, 1.54) is 190 Å². The Labute approximate surface area is 610 Å². The van der Waals surface area contributed by atoms with Crippen molar-refractivity contribution in [2.75, 3.05) is 9.80 Å². The molecule has 0 atom stereocenters. The van der Waals surface area contributed by atoms with Crippen LogP contribution in [0.1, 0.15) is 176 Å². The lowest BCUT2D eigenvalue weighted by molar-refractivity contribution is 0.568. The summed E-state index contributed by atoms with van der Waals surface area (Å²) in [6, 6.07) is 106. The van der Waals surface area contributed by atoms with Crippen LogP contribution in [-0.4, -0.2) is 6.71 Å². The fraction of sp³-hybridized carbons (Fsp3) is 0.220. The summed E-state index contributed by atoms with van der Waals surface area (Å²) in [5, 5.41) is 0. The minimum absolute atomic E-state index is 0.0819. The Hall–Kier alpha value is -10.5. The molecule has 0 radical (unpaired) electrons. The first-order valence-electron chi connectivity index (χ1n) is 37.5. The van der Waals surface area contributed by atoms with Crippen LogP contribution >= 0.6 is 0 Å². The number of anilines is 6. The zero-order valence-corrected chi connectivity index (χ0v) is 62.4. The second-order valence-electron chi connectivity index (χ2n) is 35.6. The van der Waals surface area contributed by atoms with Crippen LogP contribution in [0, 0.1) is 0 Å². The van der Waals surface area contributed by atoms with Gasteiger partial charge in [-0.1, -0.05) is 334 Å². The predicted octanol–water partition coefficient (Wildman–Crippen LogP) is 24.3. The van der Waals surface area contributed by atoms with Gasteiger partial charge in [0.05, 0.1) is 22.2 Å². The van der Waals surface area contributed by atoms with E-state index in [0.717, 1.165) is 0 Å². The van der Waals surface area contributed by atoms with E-state index < -0.39 is 10.8 Å². The highest BCUT2D eigenvalue weighted by molar-refractivity contribution is 7.00. The molecule has 0 fully saturated rings. The van der Waals surface area contributed by atoms with Crippen molar-refractivity contribution in [1.82, 2.24) is 0 Å². The lowest BCUT2D eigenvalue weighted by Gasteiger charge is -2.47. The molecule has 2 spiro atoms. The van der Waals surface area contributed by atoms with Crippen LogP contribution in [0.25, 0.3) is 66.8 Å². The molecule has 13 aromatic rings. The molecule has 0 saturated heterocycles. The van der Waals surface area contributed by atoms with Crippen molar-refractivity contribution in [2.45, 2.75) is 142 Å². The molecule has 4 aliphatic carbocycles. The highest BCUT2D eigenvalue weighted by Gasteiger charge is 2.57. The van der Waals surface area contributed by atoms with Crippen molar-refractivity contribution in [1.29, 1.82) is 0 Å². The van der Waals surface area contributed by atoms with Crippen LogP contribution in [0.4, 0.5) is 34.1 Å². The highest BCUT2D eigenvalue weighted by Crippen LogP contribution is 2.68. The van der Waals surface area contributed by atoms with E-state index in [4.69, 9.17) is 0 Å². The third-order valence-electron chi connectivity index (χ3n) is 24.4. The molecule has 13 aromatic carbocycles. The largest absolute Gasteiger partial charge is 0.311 e. The maximum atomic E-state index is 2.79. The van der Waals surface area contributed by atoms with Crippen LogP contribution in [-0.2, 0) is 37.9 Å². The number of nitrogens with zero attached hydrogens (tertiary/aromatic N) is 2. The van der Waals surface area contributed by atoms with Crippen molar-refractivity contribution in [3.05, 3.63) is 339 Å². The van der Waals surface area contributed by atoms with Gasteiger partial charge in [-0.15, -0.1) is 0 Å². The SMILES string of the molecule is CC(C)(C)c1cc(-c2ccc3c(c2)N(c2cccc4c2C2(c5ccccc5-c5ccccc52)c2ccccc2-4)c2cc(C(C)(C)C)cc4c2B3c2ccc(-c3cc(C(C)(C)C)cc(C(C)(C)C)c3)cc2N4c2cccc3c2C2(c4ccccc4-c4ccccc42)c2ccccc2-3)cc(C(C)(C)C)c1. The fourth-order valence-electron chi connectivity index (χ4n) is 19.3. The summed E-state index contributed by atoms with van der Waals surface area (Å²) in [7, 11) is 0. The van der Waals surface area contributed by atoms with Crippen molar-refractivity contribution in [3.8, 4) is 66.8 Å². The Morgan fingerprint density at radius 2 is 0.485 bits per heavy atom. The maximum absolute atomic E-state index is 2.79. The average Bonchev–Trinajstić information content (AvgIpc) is 1.56. The summed E-state index contributed by atoms with van der Waals surface area (Å²) in [4.78, 5) is 5.58. The Morgan fingerprint density at radius 1 is 0.223 bits per heavy atom. The molecule has 0 N–H and O–H groups in total. The lowest BCUT2D eigenvalue weighted by atomic mass is 9.33. The maximum Gasteiger partial charge on any atom is 0.252 e. The molecule has 0 saturated carbocycles. The van der Waals surface area contributed by atoms with Gasteiger partial charge in [-0.05, 0) is 208 Å². The molecule has 0 aromatic heterocycles. The summed E-state index contributed by atoms with van der Waals surface area (Å²) in [6.07, 6.45) is 0. The summed E-state index contributed by atoms with van der Waals surface area (Å²) >= 11 is 0. The molecule has 6 aliphatic rings. The molecule has 19 rings (SSSR count). The summed E-state index contributed by atoms with van der Waals surface area (Å²) in [6.45, 7) is 35.5. The van der Waals surface area contributed by atoms with Crippen molar-refractivity contribution >= 4 is 57.2 Å². The molecule has 2 aliphatic heterocycles. The van der Waals surface area contributed by atoms with Gasteiger partial charge in [-0.2, -0.15) is 0 Å². The van der Waals surface area contributed by atoms with Gasteiger partial charge in [0.1, 0.15) is 0 Å². The van der Waals surface area contributed by atoms with Crippen LogP contribution in [0.5, 0.6) is 0 Å². The normalized spacial score (nSPS) is 15.0. The van der Waals surface area contributed by atoms with Crippen LogP contribution in [0.15, 0.2) is 267 Å². The number of hydrogen-bond acceptors (Lipinski definition) is 2. The first-order valence-corrected chi connectivity index (χ1v) is 37.5. The highest BCUT2D eigenvalue weighted by atomic mass is 15.2. The van der Waals surface area contributed by atoms with Crippen molar-refractivity contribution < 1.29 is 0 Å². The third-order valence-corrected chi connectivity index (χ3v) is 24.4. The Kier molecular flexibility index (Phi) is 13.3. The molecule has 103 heavy (non-hydrogen) atoms. The van der Waals surface area contributed by atoms with Gasteiger partial charge in [0.25, 0.3) is 6.71 Å². The van der Waals surface area contributed by atoms with E-state index in [-0.39, 0.29) is 33.8 Å². The topological polar surface area (TPSA) is 6.48 Å². The molecular formula is C100H89BN2. The van der Waals surface area contributed by atoms with E-state index in [2.05, 4.69) is 381 Å².